The lowest BCUT2D eigenvalue weighted by Crippen LogP contribution is -2.31. The number of pyridine rings is 1. The number of carbonyl (C=O) groups is 2. The Balaban J connectivity index is 1.97. The molecule has 2 aromatic rings. The Bertz CT molecular complexity index is 672. The molecule has 1 unspecified atom stereocenters. The van der Waals surface area contributed by atoms with Gasteiger partial charge in [0.25, 0.3) is 0 Å². The minimum absolute atomic E-state index is 0.102. The third-order valence-electron chi connectivity index (χ3n) is 3.64. The van der Waals surface area contributed by atoms with Crippen molar-refractivity contribution in [1.29, 1.82) is 0 Å². The van der Waals surface area contributed by atoms with Gasteiger partial charge in [-0.3, -0.25) is 14.6 Å². The minimum atomic E-state index is -0.395. The van der Waals surface area contributed by atoms with Crippen LogP contribution in [0.3, 0.4) is 0 Å². The van der Waals surface area contributed by atoms with Crippen molar-refractivity contribution in [3.05, 3.63) is 66.0 Å². The molecule has 25 heavy (non-hydrogen) atoms. The number of nitrogens with one attached hydrogen (secondary N) is 1. The van der Waals surface area contributed by atoms with E-state index in [9.17, 15) is 9.59 Å². The molecule has 5 heteroatoms. The number of aromatic nitrogens is 1. The zero-order valence-corrected chi connectivity index (χ0v) is 14.6. The zero-order valence-electron chi connectivity index (χ0n) is 14.6. The third-order valence-corrected chi connectivity index (χ3v) is 3.64. The molecule has 0 bridgehead atoms. The van der Waals surface area contributed by atoms with E-state index in [1.807, 2.05) is 56.3 Å². The number of esters is 1. The highest BCUT2D eigenvalue weighted by Gasteiger charge is 2.19. The Morgan fingerprint density at radius 1 is 1.12 bits per heavy atom. The van der Waals surface area contributed by atoms with E-state index >= 15 is 0 Å². The van der Waals surface area contributed by atoms with Crippen molar-refractivity contribution >= 4 is 11.9 Å². The van der Waals surface area contributed by atoms with Gasteiger partial charge in [-0.1, -0.05) is 36.4 Å². The first-order valence-electron chi connectivity index (χ1n) is 8.47. The number of hydrogen-bond acceptors (Lipinski definition) is 4. The standard InChI is InChI=1S/C20H24N2O3/c1-15(2)25-20(24)13-18(17-8-4-3-5-9-17)22-19(23)11-10-16-7-6-12-21-14-16/h3-9,12,14-15,18H,10-11,13H2,1-2H3,(H,22,23). The number of benzene rings is 1. The Hall–Kier alpha value is -2.69. The molecular formula is C20H24N2O3. The predicted octanol–water partition coefficient (Wildman–Crippen LogP) is 3.21. The summed E-state index contributed by atoms with van der Waals surface area (Å²) in [5.41, 5.74) is 1.89. The molecule has 1 aromatic heterocycles. The first kappa shape index (κ1) is 18.6. The van der Waals surface area contributed by atoms with Gasteiger partial charge in [0.1, 0.15) is 0 Å². The Labute approximate surface area is 148 Å². The average molecular weight is 340 g/mol. The van der Waals surface area contributed by atoms with Crippen molar-refractivity contribution in [1.82, 2.24) is 10.3 Å². The van der Waals surface area contributed by atoms with Crippen molar-refractivity contribution < 1.29 is 14.3 Å². The Morgan fingerprint density at radius 2 is 1.88 bits per heavy atom. The summed E-state index contributed by atoms with van der Waals surface area (Å²) >= 11 is 0. The molecule has 0 saturated carbocycles. The summed E-state index contributed by atoms with van der Waals surface area (Å²) in [7, 11) is 0. The number of rotatable bonds is 8. The number of carbonyl (C=O) groups excluding carboxylic acids is 2. The maximum atomic E-state index is 12.3. The van der Waals surface area contributed by atoms with Gasteiger partial charge in [-0.05, 0) is 37.5 Å². The van der Waals surface area contributed by atoms with Gasteiger partial charge in [-0.15, -0.1) is 0 Å². The largest absolute Gasteiger partial charge is 0.463 e. The summed E-state index contributed by atoms with van der Waals surface area (Å²) in [5.74, 6) is -0.425. The van der Waals surface area contributed by atoms with Gasteiger partial charge in [0.05, 0.1) is 18.6 Å². The van der Waals surface area contributed by atoms with Crippen molar-refractivity contribution in [3.8, 4) is 0 Å². The van der Waals surface area contributed by atoms with Crippen LogP contribution in [0.15, 0.2) is 54.9 Å². The lowest BCUT2D eigenvalue weighted by Gasteiger charge is -2.19. The molecule has 0 fully saturated rings. The molecule has 0 aliphatic carbocycles. The summed E-state index contributed by atoms with van der Waals surface area (Å²) < 4.78 is 5.21. The summed E-state index contributed by atoms with van der Waals surface area (Å²) in [6.07, 6.45) is 4.34. The SMILES string of the molecule is CC(C)OC(=O)CC(NC(=O)CCc1cccnc1)c1ccccc1. The van der Waals surface area contributed by atoms with Gasteiger partial charge in [0.15, 0.2) is 0 Å². The van der Waals surface area contributed by atoms with Crippen LogP contribution >= 0.6 is 0 Å². The van der Waals surface area contributed by atoms with E-state index in [0.717, 1.165) is 11.1 Å². The molecule has 0 radical (unpaired) electrons. The minimum Gasteiger partial charge on any atom is -0.463 e. The van der Waals surface area contributed by atoms with Gasteiger partial charge in [0.2, 0.25) is 5.91 Å². The van der Waals surface area contributed by atoms with Gasteiger partial charge >= 0.3 is 5.97 Å². The highest BCUT2D eigenvalue weighted by Crippen LogP contribution is 2.18. The predicted molar refractivity (Wildman–Crippen MR) is 95.7 cm³/mol. The van der Waals surface area contributed by atoms with Crippen LogP contribution in [0, 0.1) is 0 Å². The number of aryl methyl sites for hydroxylation is 1. The molecule has 0 aliphatic heterocycles. The lowest BCUT2D eigenvalue weighted by molar-refractivity contribution is -0.148. The van der Waals surface area contributed by atoms with Gasteiger partial charge in [-0.2, -0.15) is 0 Å². The molecule has 1 amide bonds. The Morgan fingerprint density at radius 3 is 2.52 bits per heavy atom. The fourth-order valence-electron chi connectivity index (χ4n) is 2.49. The fraction of sp³-hybridized carbons (Fsp3) is 0.350. The maximum absolute atomic E-state index is 12.3. The number of nitrogens with zero attached hydrogens (tertiary/aromatic N) is 1. The van der Waals surface area contributed by atoms with E-state index in [2.05, 4.69) is 10.3 Å². The maximum Gasteiger partial charge on any atom is 0.308 e. The van der Waals surface area contributed by atoms with E-state index in [-0.39, 0.29) is 24.4 Å². The first-order valence-corrected chi connectivity index (χ1v) is 8.47. The molecule has 2 rings (SSSR count). The van der Waals surface area contributed by atoms with Crippen LogP contribution < -0.4 is 5.32 Å². The van der Waals surface area contributed by atoms with Crippen LogP contribution in [0.4, 0.5) is 0 Å². The van der Waals surface area contributed by atoms with Crippen LogP contribution in [0.25, 0.3) is 0 Å². The quantitative estimate of drug-likeness (QED) is 0.749. The molecule has 0 aliphatic rings. The zero-order chi connectivity index (χ0) is 18.1. The summed E-state index contributed by atoms with van der Waals surface area (Å²) in [4.78, 5) is 28.4. The normalized spacial score (nSPS) is 11.8. The topological polar surface area (TPSA) is 68.3 Å². The Kier molecular flexibility index (Phi) is 7.14. The number of hydrogen-bond donors (Lipinski definition) is 1. The van der Waals surface area contributed by atoms with Crippen molar-refractivity contribution in [2.75, 3.05) is 0 Å². The van der Waals surface area contributed by atoms with Crippen LogP contribution in [0.5, 0.6) is 0 Å². The van der Waals surface area contributed by atoms with Crippen LogP contribution in [0.1, 0.15) is 43.9 Å². The second-order valence-corrected chi connectivity index (χ2v) is 6.13. The molecule has 1 N–H and O–H groups in total. The smallest absolute Gasteiger partial charge is 0.308 e. The molecule has 1 heterocycles. The molecular weight excluding hydrogens is 316 g/mol. The van der Waals surface area contributed by atoms with Gasteiger partial charge < -0.3 is 10.1 Å². The van der Waals surface area contributed by atoms with E-state index in [1.165, 1.54) is 0 Å². The number of ether oxygens (including phenoxy) is 1. The molecule has 0 spiro atoms. The highest BCUT2D eigenvalue weighted by molar-refractivity contribution is 5.78. The first-order chi connectivity index (χ1) is 12.0. The summed E-state index contributed by atoms with van der Waals surface area (Å²) in [6.45, 7) is 3.61. The lowest BCUT2D eigenvalue weighted by atomic mass is 10.0. The van der Waals surface area contributed by atoms with Gasteiger partial charge in [-0.25, -0.2) is 0 Å². The second kappa shape index (κ2) is 9.57. The summed E-state index contributed by atoms with van der Waals surface area (Å²) in [6, 6.07) is 12.9. The van der Waals surface area contributed by atoms with E-state index < -0.39 is 6.04 Å². The van der Waals surface area contributed by atoms with Crippen LogP contribution in [0.2, 0.25) is 0 Å². The van der Waals surface area contributed by atoms with Crippen LogP contribution in [-0.4, -0.2) is 23.0 Å². The monoisotopic (exact) mass is 340 g/mol. The molecule has 0 saturated heterocycles. The highest BCUT2D eigenvalue weighted by atomic mass is 16.5. The van der Waals surface area contributed by atoms with Crippen molar-refractivity contribution in [2.24, 2.45) is 0 Å². The van der Waals surface area contributed by atoms with Crippen molar-refractivity contribution in [3.63, 3.8) is 0 Å². The van der Waals surface area contributed by atoms with Crippen LogP contribution in [-0.2, 0) is 20.7 Å². The molecule has 1 aromatic carbocycles. The second-order valence-electron chi connectivity index (χ2n) is 6.13. The molecule has 5 nitrogen and oxygen atoms in total. The van der Waals surface area contributed by atoms with E-state index in [4.69, 9.17) is 4.74 Å². The van der Waals surface area contributed by atoms with Crippen molar-refractivity contribution in [2.45, 2.75) is 45.3 Å². The third kappa shape index (κ3) is 6.75. The van der Waals surface area contributed by atoms with E-state index in [1.54, 1.807) is 12.4 Å². The van der Waals surface area contributed by atoms with E-state index in [0.29, 0.717) is 12.8 Å². The van der Waals surface area contributed by atoms with Gasteiger partial charge in [0, 0.05) is 18.8 Å². The molecule has 132 valence electrons. The fourth-order valence-corrected chi connectivity index (χ4v) is 2.49. The number of amides is 1. The molecule has 1 atom stereocenters. The summed E-state index contributed by atoms with van der Waals surface area (Å²) in [5, 5.41) is 2.95. The average Bonchev–Trinajstić information content (AvgIpc) is 2.60.